The molecule has 0 bridgehead atoms. The van der Waals surface area contributed by atoms with Gasteiger partial charge in [0, 0.05) is 30.7 Å². The van der Waals surface area contributed by atoms with E-state index in [0.717, 1.165) is 23.2 Å². The van der Waals surface area contributed by atoms with Crippen LogP contribution in [-0.2, 0) is 6.54 Å². The SMILES string of the molecule is CCn1cc(-c2ccc(C)cc2)cc1C(=O)N[C@H](C)c1cccnc1. The molecule has 1 aromatic carbocycles. The monoisotopic (exact) mass is 333 g/mol. The number of rotatable bonds is 5. The first-order valence-electron chi connectivity index (χ1n) is 8.56. The van der Waals surface area contributed by atoms with Crippen molar-refractivity contribution in [1.29, 1.82) is 0 Å². The molecule has 0 radical (unpaired) electrons. The quantitative estimate of drug-likeness (QED) is 0.753. The Labute approximate surface area is 148 Å². The Kier molecular flexibility index (Phi) is 4.98. The summed E-state index contributed by atoms with van der Waals surface area (Å²) in [6, 6.07) is 14.1. The highest BCUT2D eigenvalue weighted by atomic mass is 16.2. The Morgan fingerprint density at radius 2 is 1.96 bits per heavy atom. The molecule has 0 spiro atoms. The van der Waals surface area contributed by atoms with Crippen molar-refractivity contribution in [1.82, 2.24) is 14.9 Å². The van der Waals surface area contributed by atoms with Crippen LogP contribution in [0.2, 0.25) is 0 Å². The molecule has 25 heavy (non-hydrogen) atoms. The first-order valence-corrected chi connectivity index (χ1v) is 8.56. The average Bonchev–Trinajstić information content (AvgIpc) is 3.07. The summed E-state index contributed by atoms with van der Waals surface area (Å²) in [5.74, 6) is -0.0726. The summed E-state index contributed by atoms with van der Waals surface area (Å²) in [6.07, 6.45) is 5.55. The van der Waals surface area contributed by atoms with Gasteiger partial charge < -0.3 is 9.88 Å². The van der Waals surface area contributed by atoms with Crippen molar-refractivity contribution < 1.29 is 4.79 Å². The number of amides is 1. The summed E-state index contributed by atoms with van der Waals surface area (Å²) in [5, 5.41) is 3.06. The lowest BCUT2D eigenvalue weighted by Crippen LogP contribution is -2.28. The fraction of sp³-hybridized carbons (Fsp3) is 0.238. The van der Waals surface area contributed by atoms with E-state index in [9.17, 15) is 4.79 Å². The zero-order chi connectivity index (χ0) is 17.8. The van der Waals surface area contributed by atoms with Gasteiger partial charge in [0.1, 0.15) is 5.69 Å². The van der Waals surface area contributed by atoms with Gasteiger partial charge in [0.25, 0.3) is 5.91 Å². The minimum Gasteiger partial charge on any atom is -0.344 e. The van der Waals surface area contributed by atoms with E-state index >= 15 is 0 Å². The van der Waals surface area contributed by atoms with E-state index < -0.39 is 0 Å². The van der Waals surface area contributed by atoms with Crippen molar-refractivity contribution in [3.63, 3.8) is 0 Å². The first-order chi connectivity index (χ1) is 12.1. The van der Waals surface area contributed by atoms with Crippen LogP contribution in [0.15, 0.2) is 61.1 Å². The van der Waals surface area contributed by atoms with Crippen molar-refractivity contribution in [3.8, 4) is 11.1 Å². The normalized spacial score (nSPS) is 12.0. The molecule has 0 unspecified atom stereocenters. The van der Waals surface area contributed by atoms with E-state index in [0.29, 0.717) is 5.69 Å². The molecular weight excluding hydrogens is 310 g/mol. The number of pyridine rings is 1. The maximum absolute atomic E-state index is 12.8. The van der Waals surface area contributed by atoms with Crippen LogP contribution >= 0.6 is 0 Å². The molecule has 0 fully saturated rings. The number of carbonyl (C=O) groups excluding carboxylic acids is 1. The standard InChI is InChI=1S/C21H23N3O/c1-4-24-14-19(17-9-7-15(2)8-10-17)12-20(24)21(25)23-16(3)18-6-5-11-22-13-18/h5-14,16H,4H2,1-3H3,(H,23,25)/t16-/m1/s1. The summed E-state index contributed by atoms with van der Waals surface area (Å²) >= 11 is 0. The summed E-state index contributed by atoms with van der Waals surface area (Å²) in [7, 11) is 0. The third-order valence-electron chi connectivity index (χ3n) is 4.39. The molecule has 4 nitrogen and oxygen atoms in total. The molecule has 0 aliphatic rings. The van der Waals surface area contributed by atoms with Crippen LogP contribution in [0.5, 0.6) is 0 Å². The van der Waals surface area contributed by atoms with Gasteiger partial charge in [-0.05, 0) is 44.0 Å². The summed E-state index contributed by atoms with van der Waals surface area (Å²) in [6.45, 7) is 6.82. The Balaban J connectivity index is 1.83. The van der Waals surface area contributed by atoms with E-state index in [2.05, 4.69) is 41.5 Å². The third-order valence-corrected chi connectivity index (χ3v) is 4.39. The van der Waals surface area contributed by atoms with Crippen LogP contribution in [0, 0.1) is 6.92 Å². The third kappa shape index (κ3) is 3.79. The van der Waals surface area contributed by atoms with Crippen molar-refractivity contribution in [2.75, 3.05) is 0 Å². The fourth-order valence-corrected chi connectivity index (χ4v) is 2.85. The highest BCUT2D eigenvalue weighted by molar-refractivity contribution is 5.94. The van der Waals surface area contributed by atoms with Crippen LogP contribution in [0.1, 0.15) is 41.5 Å². The largest absolute Gasteiger partial charge is 0.344 e. The van der Waals surface area contributed by atoms with Gasteiger partial charge in [-0.25, -0.2) is 0 Å². The number of aryl methyl sites for hydroxylation is 2. The predicted molar refractivity (Wildman–Crippen MR) is 100 cm³/mol. The molecule has 4 heteroatoms. The minimum absolute atomic E-state index is 0.0726. The van der Waals surface area contributed by atoms with Crippen LogP contribution in [-0.4, -0.2) is 15.5 Å². The molecule has 1 atom stereocenters. The number of nitrogens with one attached hydrogen (secondary N) is 1. The number of benzene rings is 1. The van der Waals surface area contributed by atoms with E-state index in [4.69, 9.17) is 0 Å². The second-order valence-corrected chi connectivity index (χ2v) is 6.25. The molecule has 128 valence electrons. The molecule has 0 saturated carbocycles. The maximum atomic E-state index is 12.8. The molecule has 3 rings (SSSR count). The van der Waals surface area contributed by atoms with E-state index in [1.807, 2.05) is 42.8 Å². The maximum Gasteiger partial charge on any atom is 0.268 e. The molecule has 1 N–H and O–H groups in total. The van der Waals surface area contributed by atoms with Gasteiger partial charge in [-0.2, -0.15) is 0 Å². The summed E-state index contributed by atoms with van der Waals surface area (Å²) < 4.78 is 1.99. The number of aromatic nitrogens is 2. The molecule has 2 aromatic heterocycles. The minimum atomic E-state index is -0.0933. The van der Waals surface area contributed by atoms with E-state index in [1.54, 1.807) is 12.4 Å². The van der Waals surface area contributed by atoms with Crippen molar-refractivity contribution >= 4 is 5.91 Å². The molecular formula is C21H23N3O. The van der Waals surface area contributed by atoms with Crippen molar-refractivity contribution in [3.05, 3.63) is 77.9 Å². The lowest BCUT2D eigenvalue weighted by atomic mass is 10.1. The highest BCUT2D eigenvalue weighted by Gasteiger charge is 2.16. The topological polar surface area (TPSA) is 46.9 Å². The van der Waals surface area contributed by atoms with Gasteiger partial charge in [0.15, 0.2) is 0 Å². The Bertz CT molecular complexity index is 851. The molecule has 3 aromatic rings. The van der Waals surface area contributed by atoms with Gasteiger partial charge in [0.05, 0.1) is 6.04 Å². The lowest BCUT2D eigenvalue weighted by molar-refractivity contribution is 0.0930. The first kappa shape index (κ1) is 17.0. The number of nitrogens with zero attached hydrogens (tertiary/aromatic N) is 2. The zero-order valence-electron chi connectivity index (χ0n) is 14.9. The van der Waals surface area contributed by atoms with Gasteiger partial charge in [-0.3, -0.25) is 9.78 Å². The van der Waals surface area contributed by atoms with E-state index in [-0.39, 0.29) is 11.9 Å². The highest BCUT2D eigenvalue weighted by Crippen LogP contribution is 2.23. The lowest BCUT2D eigenvalue weighted by Gasteiger charge is -2.14. The van der Waals surface area contributed by atoms with Crippen molar-refractivity contribution in [2.45, 2.75) is 33.4 Å². The van der Waals surface area contributed by atoms with Crippen molar-refractivity contribution in [2.24, 2.45) is 0 Å². The van der Waals surface area contributed by atoms with Gasteiger partial charge in [0.2, 0.25) is 0 Å². The molecule has 2 heterocycles. The molecule has 0 aliphatic heterocycles. The van der Waals surface area contributed by atoms with E-state index in [1.165, 1.54) is 5.56 Å². The second kappa shape index (κ2) is 7.34. The second-order valence-electron chi connectivity index (χ2n) is 6.25. The summed E-state index contributed by atoms with van der Waals surface area (Å²) in [5.41, 5.74) is 5.06. The van der Waals surface area contributed by atoms with Crippen LogP contribution in [0.4, 0.5) is 0 Å². The zero-order valence-corrected chi connectivity index (χ0v) is 14.9. The number of carbonyl (C=O) groups is 1. The molecule has 0 saturated heterocycles. The summed E-state index contributed by atoms with van der Waals surface area (Å²) in [4.78, 5) is 16.9. The molecule has 0 aliphatic carbocycles. The average molecular weight is 333 g/mol. The Hall–Kier alpha value is -2.88. The Morgan fingerprint density at radius 1 is 1.20 bits per heavy atom. The number of hydrogen-bond acceptors (Lipinski definition) is 2. The number of hydrogen-bond donors (Lipinski definition) is 1. The van der Waals surface area contributed by atoms with Crippen LogP contribution in [0.3, 0.4) is 0 Å². The van der Waals surface area contributed by atoms with Crippen LogP contribution < -0.4 is 5.32 Å². The fourth-order valence-electron chi connectivity index (χ4n) is 2.85. The smallest absolute Gasteiger partial charge is 0.268 e. The van der Waals surface area contributed by atoms with Crippen LogP contribution in [0.25, 0.3) is 11.1 Å². The van der Waals surface area contributed by atoms with Gasteiger partial charge in [-0.1, -0.05) is 35.9 Å². The molecule has 1 amide bonds. The Morgan fingerprint density at radius 3 is 2.60 bits per heavy atom. The van der Waals surface area contributed by atoms with Gasteiger partial charge in [-0.15, -0.1) is 0 Å². The van der Waals surface area contributed by atoms with Gasteiger partial charge >= 0.3 is 0 Å². The predicted octanol–water partition coefficient (Wildman–Crippen LogP) is 4.37.